The molecule has 12 heteroatoms. The van der Waals surface area contributed by atoms with Crippen molar-refractivity contribution in [2.75, 3.05) is 6.61 Å². The number of aromatic hydroxyl groups is 4. The zero-order chi connectivity index (χ0) is 21.9. The molecule has 0 spiro atoms. The fraction of sp³-hybridized carbons (Fsp3) is 0.316. The summed E-state index contributed by atoms with van der Waals surface area (Å²) in [5.74, 6) is -2.62. The Kier molecular flexibility index (Phi) is 6.61. The van der Waals surface area contributed by atoms with E-state index in [1.807, 2.05) is 0 Å². The molecule has 4 rings (SSSR count). The van der Waals surface area contributed by atoms with Gasteiger partial charge >= 0.3 is 37.7 Å². The Hall–Kier alpha value is -1.83. The molecule has 164 valence electrons. The van der Waals surface area contributed by atoms with E-state index < -0.39 is 76.5 Å². The summed E-state index contributed by atoms with van der Waals surface area (Å²) < 4.78 is 10.8. The molecular weight excluding hydrogens is 444 g/mol. The Balaban J connectivity index is 0.00000272. The Morgan fingerprint density at radius 1 is 0.839 bits per heavy atom. The summed E-state index contributed by atoms with van der Waals surface area (Å²) in [7, 11) is 0. The molecule has 0 bridgehead atoms. The summed E-state index contributed by atoms with van der Waals surface area (Å²) in [4.78, 5) is 12.9. The van der Waals surface area contributed by atoms with Crippen LogP contribution in [0.5, 0.6) is 23.0 Å². The van der Waals surface area contributed by atoms with Gasteiger partial charge in [-0.15, -0.1) is 0 Å². The van der Waals surface area contributed by atoms with Crippen molar-refractivity contribution in [3.63, 3.8) is 0 Å². The Morgan fingerprint density at radius 2 is 1.45 bits per heavy atom. The molecule has 0 saturated carbocycles. The van der Waals surface area contributed by atoms with Gasteiger partial charge in [-0.05, 0) is 6.07 Å². The van der Waals surface area contributed by atoms with Gasteiger partial charge in [0.05, 0.1) is 17.6 Å². The molecule has 3 aromatic rings. The topological polar surface area (TPSA) is 201 Å². The van der Waals surface area contributed by atoms with Crippen molar-refractivity contribution in [3.05, 3.63) is 34.0 Å². The van der Waals surface area contributed by atoms with E-state index in [2.05, 4.69) is 0 Å². The van der Waals surface area contributed by atoms with E-state index in [0.29, 0.717) is 0 Å². The van der Waals surface area contributed by atoms with Crippen LogP contribution in [0, 0.1) is 0 Å². The monoisotopic (exact) mass is 464 g/mol. The first-order valence-corrected chi connectivity index (χ1v) is 8.83. The SMILES string of the molecule is O=c1c2cc(O)c(O)cc2oc2cc(O)c([C@@H]3O[C@H](CO)[C@@H](O)[C@H](O)[C@H]3O)c(O)c12.[CaH2]. The first-order chi connectivity index (χ1) is 14.1. The van der Waals surface area contributed by atoms with Crippen molar-refractivity contribution in [2.45, 2.75) is 30.5 Å². The fourth-order valence-electron chi connectivity index (χ4n) is 3.64. The molecular formula is C19H20CaO11. The van der Waals surface area contributed by atoms with Gasteiger partial charge in [0.25, 0.3) is 0 Å². The zero-order valence-corrected chi connectivity index (χ0v) is 15.1. The van der Waals surface area contributed by atoms with E-state index in [0.717, 1.165) is 18.2 Å². The van der Waals surface area contributed by atoms with Crippen molar-refractivity contribution in [1.29, 1.82) is 0 Å². The van der Waals surface area contributed by atoms with Gasteiger partial charge in [-0.2, -0.15) is 0 Å². The molecule has 31 heavy (non-hydrogen) atoms. The van der Waals surface area contributed by atoms with Crippen LogP contribution in [0.25, 0.3) is 21.9 Å². The molecule has 2 heterocycles. The molecule has 1 saturated heterocycles. The first kappa shape index (κ1) is 23.8. The minimum atomic E-state index is -1.81. The van der Waals surface area contributed by atoms with Crippen molar-refractivity contribution in [3.8, 4) is 23.0 Å². The number of aliphatic hydroxyl groups excluding tert-OH is 4. The van der Waals surface area contributed by atoms with Crippen LogP contribution in [0.2, 0.25) is 0 Å². The molecule has 0 unspecified atom stereocenters. The minimum absolute atomic E-state index is 0. The maximum absolute atomic E-state index is 12.9. The second-order valence-electron chi connectivity index (χ2n) is 7.05. The average molecular weight is 464 g/mol. The number of phenolic OH excluding ortho intramolecular Hbond substituents is 4. The molecule has 1 aliphatic heterocycles. The van der Waals surface area contributed by atoms with Gasteiger partial charge in [-0.3, -0.25) is 4.79 Å². The zero-order valence-electron chi connectivity index (χ0n) is 15.1. The summed E-state index contributed by atoms with van der Waals surface area (Å²) in [5, 5.41) is 79.4. The molecule has 0 amide bonds. The standard InChI is InChI=1S/C19H18O11.Ca.2H/c20-4-11-15(25)17(27)18(28)19(30-11)12-8(23)3-10-13(16(12)26)14(24)5-1-6(21)7(22)2-9(5)29-10;;;/h1-3,11,15,17-23,25-28H,4H2;;;/t11-,15-,17+,18-,19+;;;/m1.../s1. The van der Waals surface area contributed by atoms with Crippen molar-refractivity contribution >= 4 is 59.7 Å². The molecule has 11 nitrogen and oxygen atoms in total. The van der Waals surface area contributed by atoms with Gasteiger partial charge in [-0.1, -0.05) is 0 Å². The molecule has 1 aliphatic rings. The van der Waals surface area contributed by atoms with Crippen LogP contribution in [0.3, 0.4) is 0 Å². The Morgan fingerprint density at radius 3 is 2.10 bits per heavy atom. The van der Waals surface area contributed by atoms with Crippen LogP contribution in [-0.2, 0) is 4.74 Å². The summed E-state index contributed by atoms with van der Waals surface area (Å²) in [5.41, 5.74) is -1.66. The molecule has 1 fully saturated rings. The summed E-state index contributed by atoms with van der Waals surface area (Å²) in [6.45, 7) is -0.730. The predicted octanol–water partition coefficient (Wildman–Crippen LogP) is -1.63. The third kappa shape index (κ3) is 3.70. The Bertz CT molecular complexity index is 1210. The number of hydrogen-bond donors (Lipinski definition) is 8. The van der Waals surface area contributed by atoms with Crippen LogP contribution in [0.1, 0.15) is 11.7 Å². The summed E-state index contributed by atoms with van der Waals surface area (Å²) in [6, 6.07) is 2.90. The quantitative estimate of drug-likeness (QED) is 0.123. The van der Waals surface area contributed by atoms with Gasteiger partial charge in [-0.25, -0.2) is 0 Å². The molecule has 0 radical (unpaired) electrons. The fourth-order valence-corrected chi connectivity index (χ4v) is 3.64. The second kappa shape index (κ2) is 8.60. The van der Waals surface area contributed by atoms with E-state index >= 15 is 0 Å². The molecule has 0 aliphatic carbocycles. The molecule has 1 aromatic heterocycles. The number of fused-ring (bicyclic) bond motifs is 2. The maximum atomic E-state index is 12.9. The Labute approximate surface area is 203 Å². The van der Waals surface area contributed by atoms with Gasteiger partial charge in [0, 0.05) is 12.1 Å². The van der Waals surface area contributed by atoms with E-state index in [1.165, 1.54) is 0 Å². The number of benzene rings is 2. The van der Waals surface area contributed by atoms with E-state index in [9.17, 15) is 45.6 Å². The normalized spacial score (nSPS) is 26.1. The van der Waals surface area contributed by atoms with E-state index in [-0.39, 0.29) is 54.3 Å². The van der Waals surface area contributed by atoms with Gasteiger partial charge < -0.3 is 50.0 Å². The average Bonchev–Trinajstić information content (AvgIpc) is 2.69. The molecule has 2 aromatic carbocycles. The summed E-state index contributed by atoms with van der Waals surface area (Å²) in [6.07, 6.45) is -8.16. The summed E-state index contributed by atoms with van der Waals surface area (Å²) >= 11 is 0. The van der Waals surface area contributed by atoms with E-state index in [4.69, 9.17) is 9.15 Å². The predicted molar refractivity (Wildman–Crippen MR) is 108 cm³/mol. The van der Waals surface area contributed by atoms with Gasteiger partial charge in [0.15, 0.2) is 11.5 Å². The molecule has 8 N–H and O–H groups in total. The van der Waals surface area contributed by atoms with Gasteiger partial charge in [0.1, 0.15) is 58.6 Å². The van der Waals surface area contributed by atoms with Crippen LogP contribution in [0.4, 0.5) is 0 Å². The number of ether oxygens (including phenoxy) is 1. The second-order valence-corrected chi connectivity index (χ2v) is 7.05. The van der Waals surface area contributed by atoms with Crippen molar-refractivity contribution in [2.24, 2.45) is 0 Å². The number of phenols is 4. The third-order valence-electron chi connectivity index (χ3n) is 5.23. The van der Waals surface area contributed by atoms with Crippen LogP contribution < -0.4 is 5.43 Å². The van der Waals surface area contributed by atoms with Crippen LogP contribution >= 0.6 is 0 Å². The van der Waals surface area contributed by atoms with E-state index in [1.54, 1.807) is 0 Å². The molecule has 5 atom stereocenters. The van der Waals surface area contributed by atoms with Crippen molar-refractivity contribution in [1.82, 2.24) is 0 Å². The number of hydrogen-bond acceptors (Lipinski definition) is 11. The van der Waals surface area contributed by atoms with Crippen molar-refractivity contribution < 1.29 is 50.0 Å². The van der Waals surface area contributed by atoms with Crippen LogP contribution in [-0.4, -0.2) is 110 Å². The van der Waals surface area contributed by atoms with Gasteiger partial charge in [0.2, 0.25) is 5.43 Å². The van der Waals surface area contributed by atoms with Crippen LogP contribution in [0.15, 0.2) is 27.4 Å². The first-order valence-electron chi connectivity index (χ1n) is 8.83. The number of aliphatic hydroxyl groups is 4. The number of rotatable bonds is 2. The third-order valence-corrected chi connectivity index (χ3v) is 5.23.